The quantitative estimate of drug-likeness (QED) is 0.867. The van der Waals surface area contributed by atoms with Crippen LogP contribution in [-0.4, -0.2) is 26.8 Å². The summed E-state index contributed by atoms with van der Waals surface area (Å²) in [5.74, 6) is 0. The van der Waals surface area contributed by atoms with Gasteiger partial charge in [0.2, 0.25) is 0 Å². The van der Waals surface area contributed by atoms with E-state index in [0.29, 0.717) is 0 Å². The smallest absolute Gasteiger partial charge is 0.0637 e. The third-order valence-electron chi connectivity index (χ3n) is 3.41. The molecule has 0 fully saturated rings. The molecule has 3 nitrogen and oxygen atoms in total. The Morgan fingerprint density at radius 1 is 1.47 bits per heavy atom. The first kappa shape index (κ1) is 12.4. The fraction of sp³-hybridized carbons (Fsp3) is 0.571. The summed E-state index contributed by atoms with van der Waals surface area (Å²) in [6.07, 6.45) is 2.39. The van der Waals surface area contributed by atoms with E-state index in [1.165, 1.54) is 29.7 Å². The van der Waals surface area contributed by atoms with E-state index in [1.807, 2.05) is 6.92 Å². The molecule has 0 bridgehead atoms. The molecule has 1 unspecified atom stereocenters. The first-order chi connectivity index (χ1) is 8.22. The van der Waals surface area contributed by atoms with E-state index in [0.717, 1.165) is 19.7 Å². The molecule has 2 N–H and O–H groups in total. The second-order valence-corrected chi connectivity index (χ2v) is 4.76. The maximum absolute atomic E-state index is 5.93. The van der Waals surface area contributed by atoms with Gasteiger partial charge in [0.1, 0.15) is 0 Å². The Labute approximate surface area is 104 Å². The molecule has 0 saturated carbocycles. The number of ether oxygens (including phenoxy) is 1. The number of nitrogens with two attached hydrogens (primary N) is 1. The van der Waals surface area contributed by atoms with E-state index < -0.39 is 0 Å². The highest BCUT2D eigenvalue weighted by atomic mass is 16.5. The van der Waals surface area contributed by atoms with Gasteiger partial charge in [0, 0.05) is 31.9 Å². The van der Waals surface area contributed by atoms with Gasteiger partial charge in [-0.3, -0.25) is 0 Å². The van der Waals surface area contributed by atoms with E-state index in [-0.39, 0.29) is 6.04 Å². The molecule has 0 radical (unpaired) electrons. The molecule has 1 aromatic carbocycles. The first-order valence-electron chi connectivity index (χ1n) is 6.34. The summed E-state index contributed by atoms with van der Waals surface area (Å²) in [5, 5.41) is 0. The van der Waals surface area contributed by atoms with Crippen LogP contribution in [0.2, 0.25) is 0 Å². The van der Waals surface area contributed by atoms with Crippen LogP contribution in [0.3, 0.4) is 0 Å². The highest BCUT2D eigenvalue weighted by Crippen LogP contribution is 2.29. The van der Waals surface area contributed by atoms with Crippen molar-refractivity contribution in [3.8, 4) is 0 Å². The van der Waals surface area contributed by atoms with Gasteiger partial charge in [0.05, 0.1) is 6.61 Å². The highest BCUT2D eigenvalue weighted by Gasteiger charge is 2.17. The molecular weight excluding hydrogens is 212 g/mol. The van der Waals surface area contributed by atoms with E-state index in [4.69, 9.17) is 10.5 Å². The molecule has 0 saturated heterocycles. The van der Waals surface area contributed by atoms with Gasteiger partial charge in [-0.15, -0.1) is 0 Å². The average Bonchev–Trinajstić information content (AvgIpc) is 2.35. The van der Waals surface area contributed by atoms with Crippen molar-refractivity contribution in [2.75, 3.05) is 31.7 Å². The molecule has 1 aromatic rings. The normalized spacial score (nSPS) is 16.8. The summed E-state index contributed by atoms with van der Waals surface area (Å²) in [6.45, 7) is 4.93. The minimum absolute atomic E-state index is 0.120. The van der Waals surface area contributed by atoms with E-state index >= 15 is 0 Å². The van der Waals surface area contributed by atoms with Crippen molar-refractivity contribution in [3.05, 3.63) is 29.3 Å². The van der Waals surface area contributed by atoms with Crippen LogP contribution in [0.4, 0.5) is 5.69 Å². The van der Waals surface area contributed by atoms with Crippen LogP contribution in [0.5, 0.6) is 0 Å². The second-order valence-electron chi connectivity index (χ2n) is 4.76. The molecule has 0 aliphatic carbocycles. The Kier molecular flexibility index (Phi) is 4.02. The molecule has 0 aromatic heterocycles. The van der Waals surface area contributed by atoms with Gasteiger partial charge in [-0.25, -0.2) is 0 Å². The number of hydrogen-bond acceptors (Lipinski definition) is 3. The summed E-state index contributed by atoms with van der Waals surface area (Å²) < 4.78 is 5.16. The third kappa shape index (κ3) is 2.79. The second kappa shape index (κ2) is 5.52. The van der Waals surface area contributed by atoms with Crippen molar-refractivity contribution in [1.82, 2.24) is 0 Å². The predicted octanol–water partition coefficient (Wildman–Crippen LogP) is 2.11. The van der Waals surface area contributed by atoms with Crippen molar-refractivity contribution in [1.29, 1.82) is 0 Å². The summed E-state index contributed by atoms with van der Waals surface area (Å²) in [7, 11) is 1.75. The lowest BCUT2D eigenvalue weighted by molar-refractivity contribution is 0.205. The van der Waals surface area contributed by atoms with Gasteiger partial charge in [0.25, 0.3) is 0 Å². The minimum atomic E-state index is 0.120. The zero-order chi connectivity index (χ0) is 12.3. The van der Waals surface area contributed by atoms with E-state index in [9.17, 15) is 0 Å². The summed E-state index contributed by atoms with van der Waals surface area (Å²) >= 11 is 0. The van der Waals surface area contributed by atoms with E-state index in [1.54, 1.807) is 7.11 Å². The molecule has 3 heteroatoms. The van der Waals surface area contributed by atoms with Crippen LogP contribution in [0.1, 0.15) is 30.5 Å². The molecule has 1 atom stereocenters. The van der Waals surface area contributed by atoms with Crippen molar-refractivity contribution in [2.24, 2.45) is 5.73 Å². The Balaban J connectivity index is 2.20. The minimum Gasteiger partial charge on any atom is -0.383 e. The fourth-order valence-electron chi connectivity index (χ4n) is 2.41. The fourth-order valence-corrected chi connectivity index (χ4v) is 2.41. The lowest BCUT2D eigenvalue weighted by atomic mass is 9.97. The summed E-state index contributed by atoms with van der Waals surface area (Å²) in [4.78, 5) is 2.41. The van der Waals surface area contributed by atoms with Gasteiger partial charge in [-0.05, 0) is 37.0 Å². The van der Waals surface area contributed by atoms with Crippen LogP contribution >= 0.6 is 0 Å². The lowest BCUT2D eigenvalue weighted by Gasteiger charge is -2.31. The molecule has 1 aliphatic heterocycles. The topological polar surface area (TPSA) is 38.5 Å². The molecule has 94 valence electrons. The molecule has 0 spiro atoms. The monoisotopic (exact) mass is 234 g/mol. The third-order valence-corrected chi connectivity index (χ3v) is 3.41. The van der Waals surface area contributed by atoms with E-state index in [2.05, 4.69) is 23.1 Å². The zero-order valence-electron chi connectivity index (χ0n) is 10.8. The number of hydrogen-bond donors (Lipinski definition) is 1. The number of fused-ring (bicyclic) bond motifs is 1. The average molecular weight is 234 g/mol. The Hall–Kier alpha value is -1.06. The van der Waals surface area contributed by atoms with Crippen LogP contribution in [-0.2, 0) is 11.2 Å². The number of anilines is 1. The van der Waals surface area contributed by atoms with Gasteiger partial charge in [-0.1, -0.05) is 12.1 Å². The first-order valence-corrected chi connectivity index (χ1v) is 6.34. The van der Waals surface area contributed by atoms with Crippen LogP contribution in [0.15, 0.2) is 18.2 Å². The predicted molar refractivity (Wildman–Crippen MR) is 71.5 cm³/mol. The highest BCUT2D eigenvalue weighted by molar-refractivity contribution is 5.57. The Bertz CT molecular complexity index is 376. The van der Waals surface area contributed by atoms with Gasteiger partial charge >= 0.3 is 0 Å². The number of rotatable bonds is 4. The molecule has 1 aliphatic rings. The van der Waals surface area contributed by atoms with Crippen LogP contribution < -0.4 is 10.6 Å². The molecule has 1 heterocycles. The summed E-state index contributed by atoms with van der Waals surface area (Å²) in [5.41, 5.74) is 9.95. The molecule has 2 rings (SSSR count). The Morgan fingerprint density at radius 3 is 3.00 bits per heavy atom. The van der Waals surface area contributed by atoms with Gasteiger partial charge < -0.3 is 15.4 Å². The maximum atomic E-state index is 5.93. The molecule has 17 heavy (non-hydrogen) atoms. The number of methoxy groups -OCH3 is 1. The maximum Gasteiger partial charge on any atom is 0.0637 e. The largest absolute Gasteiger partial charge is 0.383 e. The van der Waals surface area contributed by atoms with Gasteiger partial charge in [-0.2, -0.15) is 0 Å². The van der Waals surface area contributed by atoms with Gasteiger partial charge in [0.15, 0.2) is 0 Å². The Morgan fingerprint density at radius 2 is 2.29 bits per heavy atom. The number of nitrogens with zero attached hydrogens (tertiary/aromatic N) is 1. The van der Waals surface area contributed by atoms with Crippen LogP contribution in [0.25, 0.3) is 0 Å². The zero-order valence-corrected chi connectivity index (χ0v) is 10.8. The van der Waals surface area contributed by atoms with Crippen LogP contribution in [0, 0.1) is 0 Å². The van der Waals surface area contributed by atoms with Crippen molar-refractivity contribution in [3.63, 3.8) is 0 Å². The SMILES string of the molecule is COCCN1CCCc2cc(C(C)N)ccc21. The number of benzene rings is 1. The lowest BCUT2D eigenvalue weighted by Crippen LogP contribution is -2.32. The molecule has 0 amide bonds. The standard InChI is InChI=1S/C14H22N2O/c1-11(15)12-5-6-14-13(10-12)4-3-7-16(14)8-9-17-2/h5-6,10-11H,3-4,7-9,15H2,1-2H3. The number of aryl methyl sites for hydroxylation is 1. The summed E-state index contributed by atoms with van der Waals surface area (Å²) in [6, 6.07) is 6.74. The van der Waals surface area contributed by atoms with Crippen molar-refractivity contribution >= 4 is 5.69 Å². The molecular formula is C14H22N2O. The van der Waals surface area contributed by atoms with Crippen molar-refractivity contribution < 1.29 is 4.74 Å². The van der Waals surface area contributed by atoms with Crippen molar-refractivity contribution in [2.45, 2.75) is 25.8 Å².